The smallest absolute Gasteiger partial charge is 0.193 e. The number of rotatable bonds is 5. The summed E-state index contributed by atoms with van der Waals surface area (Å²) in [6.07, 6.45) is 4.50. The van der Waals surface area contributed by atoms with E-state index in [0.29, 0.717) is 28.4 Å². The molecule has 0 saturated heterocycles. The molecule has 0 unspecified atom stereocenters. The molecular weight excluding hydrogens is 312 g/mol. The minimum atomic E-state index is 0.243. The third-order valence-electron chi connectivity index (χ3n) is 2.90. The Hall–Kier alpha value is -2.05. The van der Waals surface area contributed by atoms with Crippen molar-refractivity contribution in [3.8, 4) is 11.5 Å². The average molecular weight is 323 g/mol. The first kappa shape index (κ1) is 13.9. The second-order valence-corrected chi connectivity index (χ2v) is 5.57. The minimum Gasteiger partial charge on any atom is -0.493 e. The van der Waals surface area contributed by atoms with Crippen molar-refractivity contribution in [2.24, 2.45) is 0 Å². The zero-order valence-electron chi connectivity index (χ0n) is 11.1. The molecule has 0 radical (unpaired) electrons. The van der Waals surface area contributed by atoms with Crippen LogP contribution in [0.15, 0.2) is 29.9 Å². The molecule has 0 bridgehead atoms. The number of carbonyl (C=O) groups excluding carboxylic acids is 1. The molecule has 3 aromatic rings. The monoisotopic (exact) mass is 322 g/mol. The van der Waals surface area contributed by atoms with Gasteiger partial charge < -0.3 is 9.47 Å². The van der Waals surface area contributed by atoms with Crippen molar-refractivity contribution in [1.29, 1.82) is 0 Å². The molecule has 0 aliphatic carbocycles. The number of nitrogens with zero attached hydrogens (tertiary/aromatic N) is 2. The number of carbonyl (C=O) groups is 1. The Balaban J connectivity index is 1.86. The lowest BCUT2D eigenvalue weighted by Gasteiger charge is -2.12. The van der Waals surface area contributed by atoms with E-state index in [1.54, 1.807) is 17.4 Å². The van der Waals surface area contributed by atoms with Gasteiger partial charge in [-0.2, -0.15) is 0 Å². The maximum absolute atomic E-state index is 11.1. The summed E-state index contributed by atoms with van der Waals surface area (Å²) in [5.41, 5.74) is 1.12. The van der Waals surface area contributed by atoms with E-state index in [1.165, 1.54) is 13.2 Å². The van der Waals surface area contributed by atoms with Crippen molar-refractivity contribution in [3.05, 3.63) is 46.2 Å². The van der Waals surface area contributed by atoms with Gasteiger partial charge in [0.15, 0.2) is 22.7 Å². The predicted molar refractivity (Wildman–Crippen MR) is 80.8 cm³/mol. The van der Waals surface area contributed by atoms with Crippen molar-refractivity contribution in [2.45, 2.75) is 6.61 Å². The van der Waals surface area contributed by atoms with Crippen LogP contribution in [0.4, 0.5) is 0 Å². The fourth-order valence-electron chi connectivity index (χ4n) is 1.97. The normalized spacial score (nSPS) is 10.8. The molecule has 2 heterocycles. The van der Waals surface area contributed by atoms with Gasteiger partial charge in [-0.1, -0.05) is 11.6 Å². The van der Waals surface area contributed by atoms with Crippen LogP contribution in [0.25, 0.3) is 4.96 Å². The van der Waals surface area contributed by atoms with Gasteiger partial charge in [0.2, 0.25) is 0 Å². The molecule has 0 atom stereocenters. The molecule has 2 aromatic heterocycles. The van der Waals surface area contributed by atoms with Crippen LogP contribution in [-0.2, 0) is 6.61 Å². The Kier molecular flexibility index (Phi) is 3.81. The Labute approximate surface area is 129 Å². The molecule has 0 spiro atoms. The molecule has 0 aliphatic rings. The van der Waals surface area contributed by atoms with E-state index in [2.05, 4.69) is 4.98 Å². The predicted octanol–water partition coefficient (Wildman–Crippen LogP) is 3.45. The summed E-state index contributed by atoms with van der Waals surface area (Å²) < 4.78 is 12.8. The van der Waals surface area contributed by atoms with E-state index in [9.17, 15) is 4.79 Å². The number of thiazole rings is 1. The zero-order valence-corrected chi connectivity index (χ0v) is 12.6. The average Bonchev–Trinajstić information content (AvgIpc) is 3.05. The Morgan fingerprint density at radius 3 is 3.05 bits per heavy atom. The largest absolute Gasteiger partial charge is 0.493 e. The van der Waals surface area contributed by atoms with Gasteiger partial charge in [-0.3, -0.25) is 9.20 Å². The van der Waals surface area contributed by atoms with Crippen molar-refractivity contribution in [1.82, 2.24) is 9.38 Å². The number of ether oxygens (including phenoxy) is 2. The van der Waals surface area contributed by atoms with E-state index < -0.39 is 0 Å². The van der Waals surface area contributed by atoms with Crippen molar-refractivity contribution >= 4 is 34.2 Å². The van der Waals surface area contributed by atoms with Crippen LogP contribution in [0.2, 0.25) is 5.02 Å². The molecular formula is C14H11ClN2O3S. The van der Waals surface area contributed by atoms with Gasteiger partial charge in [0.05, 0.1) is 18.4 Å². The Morgan fingerprint density at radius 1 is 1.48 bits per heavy atom. The number of aldehydes is 1. The topological polar surface area (TPSA) is 52.8 Å². The fraction of sp³-hybridized carbons (Fsp3) is 0.143. The molecule has 1 aromatic carbocycles. The standard InChI is InChI=1S/C14H11ClN2O3S/c1-19-12-5-10(15)4-9(7-18)13(12)20-8-11-6-17-2-3-21-14(17)16-11/h2-7H,8H2,1H3. The second-order valence-electron chi connectivity index (χ2n) is 4.26. The number of aromatic nitrogens is 2. The number of hydrogen-bond acceptors (Lipinski definition) is 5. The molecule has 0 fully saturated rings. The van der Waals surface area contributed by atoms with E-state index in [4.69, 9.17) is 21.1 Å². The van der Waals surface area contributed by atoms with E-state index in [1.807, 2.05) is 22.2 Å². The summed E-state index contributed by atoms with van der Waals surface area (Å²) in [7, 11) is 1.50. The first-order chi connectivity index (χ1) is 10.2. The summed E-state index contributed by atoms with van der Waals surface area (Å²) >= 11 is 7.47. The first-order valence-electron chi connectivity index (χ1n) is 6.08. The van der Waals surface area contributed by atoms with Gasteiger partial charge in [0.25, 0.3) is 0 Å². The van der Waals surface area contributed by atoms with Gasteiger partial charge >= 0.3 is 0 Å². The first-order valence-corrected chi connectivity index (χ1v) is 7.33. The highest BCUT2D eigenvalue weighted by Gasteiger charge is 2.13. The van der Waals surface area contributed by atoms with Crippen molar-refractivity contribution < 1.29 is 14.3 Å². The molecule has 0 amide bonds. The molecule has 0 aliphatic heterocycles. The number of benzene rings is 1. The van der Waals surface area contributed by atoms with Gasteiger partial charge in [-0.05, 0) is 6.07 Å². The number of hydrogen-bond donors (Lipinski definition) is 0. The third-order valence-corrected chi connectivity index (χ3v) is 3.89. The second kappa shape index (κ2) is 5.75. The summed E-state index contributed by atoms with van der Waals surface area (Å²) in [4.78, 5) is 16.5. The lowest BCUT2D eigenvalue weighted by molar-refractivity contribution is 0.111. The van der Waals surface area contributed by atoms with Crippen LogP contribution in [0.1, 0.15) is 16.1 Å². The molecule has 0 saturated carbocycles. The number of halogens is 1. The molecule has 3 rings (SSSR count). The SMILES string of the molecule is COc1cc(Cl)cc(C=O)c1OCc1cn2ccsc2n1. The molecule has 7 heteroatoms. The fourth-order valence-corrected chi connectivity index (χ4v) is 2.91. The van der Waals surface area contributed by atoms with Gasteiger partial charge in [-0.25, -0.2) is 4.98 Å². The van der Waals surface area contributed by atoms with E-state index >= 15 is 0 Å². The summed E-state index contributed by atoms with van der Waals surface area (Å²) in [5.74, 6) is 0.791. The zero-order chi connectivity index (χ0) is 14.8. The highest BCUT2D eigenvalue weighted by Crippen LogP contribution is 2.34. The summed E-state index contributed by atoms with van der Waals surface area (Å²) in [5, 5.41) is 2.38. The Bertz CT molecular complexity index is 768. The molecule has 21 heavy (non-hydrogen) atoms. The quantitative estimate of drug-likeness (QED) is 0.675. The van der Waals surface area contributed by atoms with Gasteiger partial charge in [-0.15, -0.1) is 11.3 Å². The van der Waals surface area contributed by atoms with Crippen LogP contribution in [-0.4, -0.2) is 22.8 Å². The van der Waals surface area contributed by atoms with Gasteiger partial charge in [0.1, 0.15) is 6.61 Å². The molecule has 0 N–H and O–H groups in total. The number of fused-ring (bicyclic) bond motifs is 1. The van der Waals surface area contributed by atoms with Crippen LogP contribution in [0, 0.1) is 0 Å². The lowest BCUT2D eigenvalue weighted by Crippen LogP contribution is -2.01. The van der Waals surface area contributed by atoms with Crippen LogP contribution < -0.4 is 9.47 Å². The van der Waals surface area contributed by atoms with Crippen molar-refractivity contribution in [2.75, 3.05) is 7.11 Å². The van der Waals surface area contributed by atoms with Crippen LogP contribution >= 0.6 is 22.9 Å². The summed E-state index contributed by atoms with van der Waals surface area (Å²) in [6.45, 7) is 0.243. The maximum atomic E-state index is 11.1. The van der Waals surface area contributed by atoms with E-state index in [-0.39, 0.29) is 6.61 Å². The van der Waals surface area contributed by atoms with Crippen molar-refractivity contribution in [3.63, 3.8) is 0 Å². The summed E-state index contributed by atoms with van der Waals surface area (Å²) in [6, 6.07) is 3.15. The molecule has 5 nitrogen and oxygen atoms in total. The highest BCUT2D eigenvalue weighted by atomic mass is 35.5. The number of methoxy groups -OCH3 is 1. The third kappa shape index (κ3) is 2.72. The minimum absolute atomic E-state index is 0.243. The maximum Gasteiger partial charge on any atom is 0.193 e. The molecule has 108 valence electrons. The lowest BCUT2D eigenvalue weighted by atomic mass is 10.2. The van der Waals surface area contributed by atoms with Crippen LogP contribution in [0.5, 0.6) is 11.5 Å². The number of imidazole rings is 1. The Morgan fingerprint density at radius 2 is 2.33 bits per heavy atom. The van der Waals surface area contributed by atoms with E-state index in [0.717, 1.165) is 10.7 Å². The highest BCUT2D eigenvalue weighted by molar-refractivity contribution is 7.15. The van der Waals surface area contributed by atoms with Gasteiger partial charge in [0, 0.05) is 28.9 Å². The van der Waals surface area contributed by atoms with Crippen LogP contribution in [0.3, 0.4) is 0 Å².